The fraction of sp³-hybridized carbons (Fsp3) is 0.381. The molecule has 2 aromatic rings. The molecule has 2 N–H and O–H groups in total. The van der Waals surface area contributed by atoms with Crippen molar-refractivity contribution in [1.29, 1.82) is 0 Å². The van der Waals surface area contributed by atoms with Gasteiger partial charge >= 0.3 is 0 Å². The summed E-state index contributed by atoms with van der Waals surface area (Å²) in [7, 11) is 0. The van der Waals surface area contributed by atoms with Crippen molar-refractivity contribution in [2.75, 3.05) is 19.7 Å². The van der Waals surface area contributed by atoms with Crippen LogP contribution in [0.5, 0.6) is 5.75 Å². The maximum atomic E-state index is 14.1. The Morgan fingerprint density at radius 2 is 1.85 bits per heavy atom. The van der Waals surface area contributed by atoms with E-state index in [0.29, 0.717) is 30.5 Å². The molecule has 0 unspecified atom stereocenters. The van der Waals surface area contributed by atoms with E-state index in [0.717, 1.165) is 28.8 Å². The topological polar surface area (TPSA) is 47.6 Å². The zero-order chi connectivity index (χ0) is 19.1. The van der Waals surface area contributed by atoms with Crippen molar-refractivity contribution in [3.05, 3.63) is 64.2 Å². The highest BCUT2D eigenvalue weighted by Crippen LogP contribution is 2.56. The van der Waals surface area contributed by atoms with Crippen LogP contribution in [0.2, 0.25) is 5.02 Å². The number of hydrogen-bond donors (Lipinski definition) is 1. The van der Waals surface area contributed by atoms with E-state index in [1.54, 1.807) is 12.1 Å². The Bertz CT molecular complexity index is 872. The first-order valence-corrected chi connectivity index (χ1v) is 9.46. The lowest BCUT2D eigenvalue weighted by molar-refractivity contribution is -0.105. The Kier molecular flexibility index (Phi) is 4.68. The molecule has 0 aromatic heterocycles. The Hall–Kier alpha value is -1.98. The van der Waals surface area contributed by atoms with Gasteiger partial charge in [-0.2, -0.15) is 0 Å². The summed E-state index contributed by atoms with van der Waals surface area (Å²) in [6.45, 7) is 1.43. The molecule has 0 saturated heterocycles. The lowest BCUT2D eigenvalue weighted by Gasteiger charge is -2.49. The molecule has 1 aliphatic heterocycles. The van der Waals surface area contributed by atoms with Gasteiger partial charge in [0.1, 0.15) is 12.4 Å². The molecule has 0 spiro atoms. The van der Waals surface area contributed by atoms with Gasteiger partial charge in [-0.3, -0.25) is 4.99 Å². The lowest BCUT2D eigenvalue weighted by Crippen LogP contribution is -2.55. The molecule has 1 fully saturated rings. The van der Waals surface area contributed by atoms with Crippen LogP contribution in [0.1, 0.15) is 29.5 Å². The van der Waals surface area contributed by atoms with Crippen molar-refractivity contribution in [3.63, 3.8) is 0 Å². The third-order valence-electron chi connectivity index (χ3n) is 5.35. The van der Waals surface area contributed by atoms with Crippen molar-refractivity contribution in [2.45, 2.75) is 30.6 Å². The van der Waals surface area contributed by atoms with E-state index in [-0.39, 0.29) is 12.8 Å². The van der Waals surface area contributed by atoms with Gasteiger partial charge in [0, 0.05) is 41.9 Å². The second-order valence-electron chi connectivity index (χ2n) is 7.23. The number of alkyl halides is 2. The van der Waals surface area contributed by atoms with Crippen LogP contribution >= 0.6 is 11.6 Å². The van der Waals surface area contributed by atoms with E-state index in [9.17, 15) is 8.78 Å². The normalized spacial score (nSPS) is 19.6. The molecule has 1 aliphatic carbocycles. The molecule has 3 nitrogen and oxygen atoms in total. The number of benzene rings is 2. The molecule has 1 heterocycles. The first-order valence-electron chi connectivity index (χ1n) is 9.08. The molecule has 27 heavy (non-hydrogen) atoms. The van der Waals surface area contributed by atoms with Gasteiger partial charge in [0.25, 0.3) is 5.92 Å². The summed E-state index contributed by atoms with van der Waals surface area (Å²) in [5.41, 5.74) is 8.30. The van der Waals surface area contributed by atoms with Gasteiger partial charge in [-0.25, -0.2) is 8.78 Å². The van der Waals surface area contributed by atoms with Crippen LogP contribution in [0.4, 0.5) is 8.78 Å². The van der Waals surface area contributed by atoms with E-state index in [2.05, 4.69) is 0 Å². The van der Waals surface area contributed by atoms with E-state index in [4.69, 9.17) is 27.1 Å². The molecular formula is C21H21ClF2N2O. The molecular weight excluding hydrogens is 370 g/mol. The van der Waals surface area contributed by atoms with Gasteiger partial charge in [0.05, 0.1) is 5.71 Å². The van der Waals surface area contributed by atoms with Gasteiger partial charge in [0.15, 0.2) is 0 Å². The fourth-order valence-corrected chi connectivity index (χ4v) is 4.28. The molecule has 6 heteroatoms. The monoisotopic (exact) mass is 390 g/mol. The average molecular weight is 391 g/mol. The number of hydrogen-bond acceptors (Lipinski definition) is 3. The number of aliphatic imine (C=N–C) groups is 1. The molecule has 0 amide bonds. The van der Waals surface area contributed by atoms with Crippen molar-refractivity contribution in [3.8, 4) is 5.75 Å². The van der Waals surface area contributed by atoms with E-state index < -0.39 is 11.3 Å². The van der Waals surface area contributed by atoms with Crippen molar-refractivity contribution in [1.82, 2.24) is 0 Å². The number of nitrogens with two attached hydrogens (primary N) is 1. The summed E-state index contributed by atoms with van der Waals surface area (Å²) >= 11 is 6.01. The van der Waals surface area contributed by atoms with Crippen LogP contribution in [0.15, 0.2) is 47.5 Å². The van der Waals surface area contributed by atoms with Crippen LogP contribution < -0.4 is 10.5 Å². The number of fused-ring (bicyclic) bond motifs is 1. The van der Waals surface area contributed by atoms with Crippen LogP contribution in [0.25, 0.3) is 0 Å². The maximum absolute atomic E-state index is 14.1. The van der Waals surface area contributed by atoms with E-state index in [1.807, 2.05) is 30.3 Å². The second-order valence-corrected chi connectivity index (χ2v) is 7.67. The fourth-order valence-electron chi connectivity index (χ4n) is 4.15. The quantitative estimate of drug-likeness (QED) is 0.823. The smallest absolute Gasteiger partial charge is 0.250 e. The molecule has 1 saturated carbocycles. The summed E-state index contributed by atoms with van der Waals surface area (Å²) in [5.74, 6) is -2.00. The Labute approximate surface area is 162 Å². The van der Waals surface area contributed by atoms with Gasteiger partial charge in [0.2, 0.25) is 0 Å². The van der Waals surface area contributed by atoms with Crippen molar-refractivity contribution >= 4 is 17.3 Å². The van der Waals surface area contributed by atoms with E-state index in [1.165, 1.54) is 0 Å². The summed E-state index contributed by atoms with van der Waals surface area (Å²) in [6.07, 6.45) is 0.310. The summed E-state index contributed by atoms with van der Waals surface area (Å²) < 4.78 is 33.8. The highest BCUT2D eigenvalue weighted by atomic mass is 35.5. The summed E-state index contributed by atoms with van der Waals surface area (Å²) in [6, 6.07) is 13.0. The number of rotatable bonds is 5. The highest BCUT2D eigenvalue weighted by molar-refractivity contribution is 6.30. The van der Waals surface area contributed by atoms with Crippen LogP contribution in [-0.2, 0) is 11.8 Å². The van der Waals surface area contributed by atoms with Gasteiger partial charge < -0.3 is 10.5 Å². The van der Waals surface area contributed by atoms with Crippen LogP contribution in [0.3, 0.4) is 0 Å². The predicted molar refractivity (Wildman–Crippen MR) is 103 cm³/mol. The zero-order valence-electron chi connectivity index (χ0n) is 14.9. The molecule has 142 valence electrons. The average Bonchev–Trinajstić information content (AvgIpc) is 2.64. The van der Waals surface area contributed by atoms with E-state index >= 15 is 0 Å². The molecule has 0 atom stereocenters. The Balaban J connectivity index is 1.78. The number of ether oxygens (including phenoxy) is 1. The summed E-state index contributed by atoms with van der Waals surface area (Å²) in [4.78, 5) is 4.72. The predicted octanol–water partition coefficient (Wildman–Crippen LogP) is 4.39. The standard InChI is InChI=1S/C21H21ClF2N2O/c22-16-4-2-15(3-5-16)20(12-21(23,24)13-20)19-18-11-17(27-10-8-25)6-1-14(18)7-9-26-19/h1-6,11H,7-10,12-13,25H2. The van der Waals surface area contributed by atoms with Crippen LogP contribution in [-0.4, -0.2) is 31.3 Å². The molecule has 0 bridgehead atoms. The first-order chi connectivity index (χ1) is 12.9. The van der Waals surface area contributed by atoms with Crippen molar-refractivity contribution in [2.24, 2.45) is 10.7 Å². The van der Waals surface area contributed by atoms with Crippen molar-refractivity contribution < 1.29 is 13.5 Å². The molecule has 2 aromatic carbocycles. The molecule has 4 rings (SSSR count). The number of nitrogens with zero attached hydrogens (tertiary/aromatic N) is 1. The zero-order valence-corrected chi connectivity index (χ0v) is 15.6. The second kappa shape index (κ2) is 6.88. The molecule has 2 aliphatic rings. The van der Waals surface area contributed by atoms with Crippen LogP contribution in [0, 0.1) is 0 Å². The van der Waals surface area contributed by atoms with Gasteiger partial charge in [-0.15, -0.1) is 0 Å². The highest BCUT2D eigenvalue weighted by Gasteiger charge is 2.60. The minimum Gasteiger partial charge on any atom is -0.492 e. The Morgan fingerprint density at radius 1 is 1.11 bits per heavy atom. The maximum Gasteiger partial charge on any atom is 0.250 e. The summed E-state index contributed by atoms with van der Waals surface area (Å²) in [5, 5.41) is 0.587. The largest absolute Gasteiger partial charge is 0.492 e. The van der Waals surface area contributed by atoms with Gasteiger partial charge in [-0.05, 0) is 41.8 Å². The third-order valence-corrected chi connectivity index (χ3v) is 5.60. The first kappa shape index (κ1) is 18.4. The number of halogens is 3. The minimum atomic E-state index is -2.69. The lowest BCUT2D eigenvalue weighted by atomic mass is 9.57. The minimum absolute atomic E-state index is 0.242. The SMILES string of the molecule is NCCOc1ccc2c(c1)C(C1(c3ccc(Cl)cc3)CC(F)(F)C1)=NCC2. The van der Waals surface area contributed by atoms with Gasteiger partial charge in [-0.1, -0.05) is 29.8 Å². The third kappa shape index (κ3) is 3.34. The molecule has 0 radical (unpaired) electrons. The Morgan fingerprint density at radius 3 is 2.52 bits per heavy atom.